The third-order valence-electron chi connectivity index (χ3n) is 1.82. The molecule has 4 nitrogen and oxygen atoms in total. The molecule has 0 unspecified atom stereocenters. The molecule has 0 aliphatic heterocycles. The van der Waals surface area contributed by atoms with Gasteiger partial charge in [0.05, 0.1) is 13.3 Å². The number of nitriles is 1. The molecule has 1 heterocycles. The van der Waals surface area contributed by atoms with Crippen molar-refractivity contribution in [3.05, 3.63) is 42.9 Å². The van der Waals surface area contributed by atoms with Gasteiger partial charge in [-0.25, -0.2) is 4.99 Å². The number of hydrogen-bond acceptors (Lipinski definition) is 4. The summed E-state index contributed by atoms with van der Waals surface area (Å²) in [6.45, 7) is 7.24. The Morgan fingerprint density at radius 1 is 1.56 bits per heavy atom. The van der Waals surface area contributed by atoms with Crippen LogP contribution in [-0.2, 0) is 0 Å². The van der Waals surface area contributed by atoms with Gasteiger partial charge in [-0.05, 0) is 11.6 Å². The quantitative estimate of drug-likeness (QED) is 0.569. The Labute approximate surface area is 94.2 Å². The molecule has 1 rings (SSSR count). The first-order valence-corrected chi connectivity index (χ1v) is 4.48. The number of pyridine rings is 1. The molecule has 0 aliphatic rings. The number of ether oxygens (including phenoxy) is 1. The first kappa shape index (κ1) is 11.7. The van der Waals surface area contributed by atoms with Crippen molar-refractivity contribution >= 4 is 11.8 Å². The van der Waals surface area contributed by atoms with Crippen molar-refractivity contribution in [3.63, 3.8) is 0 Å². The second-order valence-corrected chi connectivity index (χ2v) is 2.96. The molecule has 0 radical (unpaired) electrons. The highest BCUT2D eigenvalue weighted by Crippen LogP contribution is 2.15. The Morgan fingerprint density at radius 3 is 2.94 bits per heavy atom. The van der Waals surface area contributed by atoms with Gasteiger partial charge in [0.2, 0.25) is 0 Å². The minimum atomic E-state index is 0.136. The zero-order valence-electron chi connectivity index (χ0n) is 8.97. The minimum absolute atomic E-state index is 0.136. The van der Waals surface area contributed by atoms with Crippen molar-refractivity contribution in [2.45, 2.75) is 0 Å². The van der Waals surface area contributed by atoms with E-state index in [0.29, 0.717) is 11.3 Å². The normalized spacial score (nSPS) is 9.75. The van der Waals surface area contributed by atoms with Crippen LogP contribution < -0.4 is 4.74 Å². The summed E-state index contributed by atoms with van der Waals surface area (Å²) in [5, 5.41) is 8.48. The average Bonchev–Trinajstić information content (AvgIpc) is 2.35. The second-order valence-electron chi connectivity index (χ2n) is 2.96. The molecule has 0 saturated heterocycles. The van der Waals surface area contributed by atoms with Gasteiger partial charge in [0.15, 0.2) is 0 Å². The zero-order chi connectivity index (χ0) is 12.0. The van der Waals surface area contributed by atoms with Crippen LogP contribution in [0.2, 0.25) is 0 Å². The SMILES string of the molecule is C=C(C#N)N=CC(=C)c1cncc(OC)c1. The molecule has 0 saturated carbocycles. The van der Waals surface area contributed by atoms with Gasteiger partial charge in [0, 0.05) is 18.0 Å². The lowest BCUT2D eigenvalue weighted by atomic mass is 10.1. The number of rotatable bonds is 4. The highest BCUT2D eigenvalue weighted by Gasteiger charge is 1.99. The fraction of sp³-hybridized carbons (Fsp3) is 0.0833. The molecule has 0 atom stereocenters. The predicted molar refractivity (Wildman–Crippen MR) is 63.1 cm³/mol. The van der Waals surface area contributed by atoms with Crippen LogP contribution in [0.5, 0.6) is 5.75 Å². The summed E-state index contributed by atoms with van der Waals surface area (Å²) in [5.74, 6) is 0.645. The Hall–Kier alpha value is -2.41. The molecule has 0 amide bonds. The van der Waals surface area contributed by atoms with Crippen molar-refractivity contribution < 1.29 is 4.74 Å². The van der Waals surface area contributed by atoms with E-state index in [-0.39, 0.29) is 5.70 Å². The molecular formula is C12H11N3O. The van der Waals surface area contributed by atoms with Crippen LogP contribution >= 0.6 is 0 Å². The monoisotopic (exact) mass is 213 g/mol. The Bertz CT molecular complexity index is 483. The molecule has 4 heteroatoms. The van der Waals surface area contributed by atoms with E-state index < -0.39 is 0 Å². The van der Waals surface area contributed by atoms with E-state index in [4.69, 9.17) is 10.00 Å². The van der Waals surface area contributed by atoms with E-state index in [9.17, 15) is 0 Å². The minimum Gasteiger partial charge on any atom is -0.495 e. The van der Waals surface area contributed by atoms with Gasteiger partial charge in [-0.3, -0.25) is 4.98 Å². The van der Waals surface area contributed by atoms with Crippen molar-refractivity contribution in [1.82, 2.24) is 4.98 Å². The van der Waals surface area contributed by atoms with Crippen LogP contribution in [0.1, 0.15) is 5.56 Å². The molecule has 80 valence electrons. The number of nitrogens with zero attached hydrogens (tertiary/aromatic N) is 3. The standard InChI is InChI=1S/C12H11N3O/c1-9(6-15-10(2)5-13)11-4-12(16-3)8-14-7-11/h4,6-8H,1-2H2,3H3. The number of hydrogen-bond donors (Lipinski definition) is 0. The van der Waals surface area contributed by atoms with E-state index in [0.717, 1.165) is 5.56 Å². The molecule has 0 bridgehead atoms. The highest BCUT2D eigenvalue weighted by molar-refractivity contribution is 6.09. The molecule has 1 aromatic heterocycles. The van der Waals surface area contributed by atoms with Crippen LogP contribution in [0.15, 0.2) is 42.3 Å². The summed E-state index contributed by atoms with van der Waals surface area (Å²) < 4.78 is 5.03. The smallest absolute Gasteiger partial charge is 0.137 e. The summed E-state index contributed by atoms with van der Waals surface area (Å²) in [7, 11) is 1.56. The summed E-state index contributed by atoms with van der Waals surface area (Å²) in [6, 6.07) is 3.61. The molecule has 0 N–H and O–H groups in total. The van der Waals surface area contributed by atoms with Crippen LogP contribution in [0.25, 0.3) is 5.57 Å². The molecule has 0 spiro atoms. The number of methoxy groups -OCH3 is 1. The van der Waals surface area contributed by atoms with Crippen molar-refractivity contribution in [1.29, 1.82) is 5.26 Å². The highest BCUT2D eigenvalue weighted by atomic mass is 16.5. The van der Waals surface area contributed by atoms with E-state index in [1.54, 1.807) is 25.6 Å². The summed E-state index contributed by atoms with van der Waals surface area (Å²) in [6.07, 6.45) is 4.72. The largest absolute Gasteiger partial charge is 0.495 e. The summed E-state index contributed by atoms with van der Waals surface area (Å²) >= 11 is 0. The second kappa shape index (κ2) is 5.47. The fourth-order valence-electron chi connectivity index (χ4n) is 0.965. The number of aromatic nitrogens is 1. The topological polar surface area (TPSA) is 58.3 Å². The lowest BCUT2D eigenvalue weighted by Gasteiger charge is -2.02. The third-order valence-corrected chi connectivity index (χ3v) is 1.82. The van der Waals surface area contributed by atoms with Crippen LogP contribution in [0, 0.1) is 11.3 Å². The predicted octanol–water partition coefficient (Wildman–Crippen LogP) is 2.21. The summed E-state index contributed by atoms with van der Waals surface area (Å²) in [4.78, 5) is 7.81. The maximum absolute atomic E-state index is 8.48. The van der Waals surface area contributed by atoms with E-state index in [1.165, 1.54) is 6.21 Å². The maximum Gasteiger partial charge on any atom is 0.137 e. The van der Waals surface area contributed by atoms with Gasteiger partial charge in [-0.1, -0.05) is 13.2 Å². The van der Waals surface area contributed by atoms with Crippen LogP contribution in [-0.4, -0.2) is 18.3 Å². The van der Waals surface area contributed by atoms with Gasteiger partial charge in [-0.15, -0.1) is 0 Å². The molecule has 0 fully saturated rings. The van der Waals surface area contributed by atoms with Gasteiger partial charge >= 0.3 is 0 Å². The number of aliphatic imine (C=N–C) groups is 1. The lowest BCUT2D eigenvalue weighted by Crippen LogP contribution is -1.89. The van der Waals surface area contributed by atoms with Gasteiger partial charge in [0.25, 0.3) is 0 Å². The molecule has 1 aromatic rings. The average molecular weight is 213 g/mol. The Balaban J connectivity index is 2.85. The van der Waals surface area contributed by atoms with Crippen LogP contribution in [0.4, 0.5) is 0 Å². The Kier molecular flexibility index (Phi) is 3.98. The first-order chi connectivity index (χ1) is 7.67. The van der Waals surface area contributed by atoms with Crippen molar-refractivity contribution in [2.24, 2.45) is 4.99 Å². The van der Waals surface area contributed by atoms with E-state index in [2.05, 4.69) is 23.1 Å². The first-order valence-electron chi connectivity index (χ1n) is 4.48. The number of allylic oxidation sites excluding steroid dienone is 2. The van der Waals surface area contributed by atoms with Gasteiger partial charge < -0.3 is 4.74 Å². The molecular weight excluding hydrogens is 202 g/mol. The maximum atomic E-state index is 8.48. The molecule has 16 heavy (non-hydrogen) atoms. The zero-order valence-corrected chi connectivity index (χ0v) is 8.97. The van der Waals surface area contributed by atoms with Gasteiger partial charge in [-0.2, -0.15) is 5.26 Å². The third kappa shape index (κ3) is 3.07. The Morgan fingerprint density at radius 2 is 2.31 bits per heavy atom. The van der Waals surface area contributed by atoms with Crippen molar-refractivity contribution in [3.8, 4) is 11.8 Å². The lowest BCUT2D eigenvalue weighted by molar-refractivity contribution is 0.413. The van der Waals surface area contributed by atoms with Crippen LogP contribution in [0.3, 0.4) is 0 Å². The van der Waals surface area contributed by atoms with Gasteiger partial charge in [0.1, 0.15) is 17.5 Å². The molecule has 0 aliphatic carbocycles. The summed E-state index contributed by atoms with van der Waals surface area (Å²) in [5.41, 5.74) is 1.56. The van der Waals surface area contributed by atoms with E-state index in [1.807, 2.05) is 6.07 Å². The fourth-order valence-corrected chi connectivity index (χ4v) is 0.965. The van der Waals surface area contributed by atoms with Crippen molar-refractivity contribution in [2.75, 3.05) is 7.11 Å². The molecule has 0 aromatic carbocycles. The van der Waals surface area contributed by atoms with E-state index >= 15 is 0 Å².